The van der Waals surface area contributed by atoms with Crippen molar-refractivity contribution in [3.63, 3.8) is 0 Å². The molecule has 2 aliphatic heterocycles. The normalized spacial score (nSPS) is 19.3. The number of aliphatic hydroxyl groups is 1. The van der Waals surface area contributed by atoms with Gasteiger partial charge in [0.1, 0.15) is 17.1 Å². The van der Waals surface area contributed by atoms with Crippen LogP contribution in [0, 0.1) is 0 Å². The van der Waals surface area contributed by atoms with E-state index in [0.29, 0.717) is 35.9 Å². The van der Waals surface area contributed by atoms with Gasteiger partial charge in [0, 0.05) is 32.4 Å². The first-order valence-electron chi connectivity index (χ1n) is 10.6. The number of hydrogen-bond acceptors (Lipinski definition) is 10. The monoisotopic (exact) mass is 512 g/mol. The largest absolute Gasteiger partial charge is 0.573 e. The minimum Gasteiger partial charge on any atom is -0.486 e. The van der Waals surface area contributed by atoms with Crippen LogP contribution in [0.15, 0.2) is 24.4 Å². The number of piperidine rings is 1. The molecule has 0 bridgehead atoms. The van der Waals surface area contributed by atoms with E-state index in [-0.39, 0.29) is 23.6 Å². The molecule has 1 aromatic carbocycles. The molecule has 0 aliphatic carbocycles. The lowest BCUT2D eigenvalue weighted by molar-refractivity contribution is -0.275. The Balaban J connectivity index is 1.27. The van der Waals surface area contributed by atoms with Crippen LogP contribution in [0.3, 0.4) is 0 Å². The van der Waals surface area contributed by atoms with Crippen LogP contribution >= 0.6 is 11.3 Å². The highest BCUT2D eigenvalue weighted by Gasteiger charge is 2.45. The Hall–Kier alpha value is -3.46. The number of carbonyl (C=O) groups is 1. The minimum atomic E-state index is -4.87. The van der Waals surface area contributed by atoms with E-state index in [1.807, 2.05) is 4.90 Å². The minimum absolute atomic E-state index is 0.00545. The standard InChI is InChI=1S/C20H19F3N6O5S/c21-20(22,23)34-13-3-1-2-12-16(13)11(30)8-19(33-12)4-6-28(7-5-19)18-24-9-14(35-18)17-25-27-29(26-17)10-15(31)32/h1-3,9,11,30H,4-8,10H2,(H,31,32). The number of carboxylic acids is 1. The molecule has 186 valence electrons. The molecular weight excluding hydrogens is 493 g/mol. The van der Waals surface area contributed by atoms with E-state index in [1.54, 1.807) is 6.20 Å². The highest BCUT2D eigenvalue weighted by molar-refractivity contribution is 7.18. The van der Waals surface area contributed by atoms with Crippen LogP contribution in [-0.2, 0) is 11.3 Å². The van der Waals surface area contributed by atoms with Crippen molar-refractivity contribution in [2.45, 2.75) is 43.9 Å². The number of thiazole rings is 1. The quantitative estimate of drug-likeness (QED) is 0.525. The van der Waals surface area contributed by atoms with E-state index >= 15 is 0 Å². The number of carboxylic acid groups (broad SMARTS) is 1. The summed E-state index contributed by atoms with van der Waals surface area (Å²) in [5.41, 5.74) is -0.716. The molecule has 1 saturated heterocycles. The summed E-state index contributed by atoms with van der Waals surface area (Å²) in [4.78, 5) is 18.9. The molecule has 35 heavy (non-hydrogen) atoms. The molecule has 1 spiro atoms. The maximum absolute atomic E-state index is 12.8. The SMILES string of the molecule is O=C(O)Cn1nnc(-c2cnc(N3CCC4(CC3)CC(O)c3c(OC(F)(F)F)cccc3O4)s2)n1. The summed E-state index contributed by atoms with van der Waals surface area (Å²) in [6, 6.07) is 4.10. The third-order valence-corrected chi connectivity index (χ3v) is 6.92. The summed E-state index contributed by atoms with van der Waals surface area (Å²) in [6.07, 6.45) is -3.25. The van der Waals surface area contributed by atoms with Crippen LogP contribution in [0.2, 0.25) is 0 Å². The smallest absolute Gasteiger partial charge is 0.486 e. The Bertz CT molecular complexity index is 1240. The Morgan fingerprint density at radius 3 is 2.80 bits per heavy atom. The molecule has 0 amide bonds. The van der Waals surface area contributed by atoms with Crippen LogP contribution in [-0.4, -0.2) is 66.4 Å². The fourth-order valence-corrected chi connectivity index (χ4v) is 5.23. The lowest BCUT2D eigenvalue weighted by Crippen LogP contribution is -2.50. The fourth-order valence-electron chi connectivity index (χ4n) is 4.34. The highest BCUT2D eigenvalue weighted by atomic mass is 32.1. The molecule has 2 N–H and O–H groups in total. The zero-order valence-corrected chi connectivity index (χ0v) is 18.8. The summed E-state index contributed by atoms with van der Waals surface area (Å²) in [6.45, 7) is 0.700. The Morgan fingerprint density at radius 2 is 2.09 bits per heavy atom. The lowest BCUT2D eigenvalue weighted by Gasteiger charge is -2.46. The second kappa shape index (κ2) is 8.64. The summed E-state index contributed by atoms with van der Waals surface area (Å²) in [5.74, 6) is -1.08. The topological polar surface area (TPSA) is 136 Å². The van der Waals surface area contributed by atoms with Gasteiger partial charge in [-0.15, -0.1) is 23.4 Å². The van der Waals surface area contributed by atoms with Crippen molar-refractivity contribution in [2.24, 2.45) is 0 Å². The Morgan fingerprint density at radius 1 is 1.31 bits per heavy atom. The molecule has 1 atom stereocenters. The third kappa shape index (κ3) is 4.86. The van der Waals surface area contributed by atoms with Crippen LogP contribution in [0.25, 0.3) is 10.7 Å². The predicted octanol–water partition coefficient (Wildman–Crippen LogP) is 2.63. The van der Waals surface area contributed by atoms with E-state index in [2.05, 4.69) is 25.1 Å². The number of hydrogen-bond donors (Lipinski definition) is 2. The zero-order chi connectivity index (χ0) is 24.8. The van der Waals surface area contributed by atoms with E-state index in [4.69, 9.17) is 9.84 Å². The number of anilines is 1. The van der Waals surface area contributed by atoms with Gasteiger partial charge in [-0.1, -0.05) is 17.4 Å². The number of aromatic nitrogens is 5. The van der Waals surface area contributed by atoms with Gasteiger partial charge in [-0.25, -0.2) is 4.98 Å². The van der Waals surface area contributed by atoms with E-state index in [1.165, 1.54) is 23.5 Å². The van der Waals surface area contributed by atoms with Crippen LogP contribution in [0.1, 0.15) is 30.9 Å². The Kier molecular flexibility index (Phi) is 5.75. The molecule has 15 heteroatoms. The number of ether oxygens (including phenoxy) is 2. The molecule has 2 aliphatic rings. The van der Waals surface area contributed by atoms with E-state index in [0.717, 1.165) is 10.9 Å². The van der Waals surface area contributed by atoms with Gasteiger partial charge in [-0.2, -0.15) is 4.80 Å². The van der Waals surface area contributed by atoms with Gasteiger partial charge in [0.2, 0.25) is 5.82 Å². The van der Waals surface area contributed by atoms with Gasteiger partial charge < -0.3 is 24.6 Å². The second-order valence-electron chi connectivity index (χ2n) is 8.25. The number of aliphatic hydroxyl groups excluding tert-OH is 1. The molecule has 5 rings (SSSR count). The fraction of sp³-hybridized carbons (Fsp3) is 0.450. The maximum Gasteiger partial charge on any atom is 0.573 e. The summed E-state index contributed by atoms with van der Waals surface area (Å²) in [7, 11) is 0. The predicted molar refractivity (Wildman–Crippen MR) is 114 cm³/mol. The third-order valence-electron chi connectivity index (χ3n) is 5.87. The molecule has 1 unspecified atom stereocenters. The summed E-state index contributed by atoms with van der Waals surface area (Å²) >= 11 is 1.33. The van der Waals surface area contributed by atoms with Crippen molar-refractivity contribution in [3.8, 4) is 22.2 Å². The number of tetrazole rings is 1. The van der Waals surface area contributed by atoms with Gasteiger partial charge in [0.15, 0.2) is 11.7 Å². The van der Waals surface area contributed by atoms with Crippen LogP contribution in [0.5, 0.6) is 11.5 Å². The average molecular weight is 512 g/mol. The Labute approximate surface area is 199 Å². The number of benzene rings is 1. The number of aliphatic carboxylic acids is 1. The van der Waals surface area contributed by atoms with Crippen molar-refractivity contribution < 1.29 is 37.7 Å². The molecular formula is C20H19F3N6O5S. The summed E-state index contributed by atoms with van der Waals surface area (Å²) < 4.78 is 48.5. The zero-order valence-electron chi connectivity index (χ0n) is 18.0. The van der Waals surface area contributed by atoms with Crippen molar-refractivity contribution in [1.29, 1.82) is 0 Å². The van der Waals surface area contributed by atoms with Crippen LogP contribution in [0.4, 0.5) is 18.3 Å². The van der Waals surface area contributed by atoms with Crippen molar-refractivity contribution in [1.82, 2.24) is 25.2 Å². The average Bonchev–Trinajstić information content (AvgIpc) is 3.42. The van der Waals surface area contributed by atoms with Crippen molar-refractivity contribution in [2.75, 3.05) is 18.0 Å². The number of alkyl halides is 3. The first-order chi connectivity index (χ1) is 16.6. The lowest BCUT2D eigenvalue weighted by atomic mass is 9.81. The molecule has 1 fully saturated rings. The van der Waals surface area contributed by atoms with Crippen molar-refractivity contribution >= 4 is 22.4 Å². The van der Waals surface area contributed by atoms with Crippen molar-refractivity contribution in [3.05, 3.63) is 30.0 Å². The molecule has 2 aromatic heterocycles. The molecule has 0 saturated carbocycles. The molecule has 3 aromatic rings. The number of fused-ring (bicyclic) bond motifs is 1. The molecule has 0 radical (unpaired) electrons. The van der Waals surface area contributed by atoms with Gasteiger partial charge >= 0.3 is 12.3 Å². The highest BCUT2D eigenvalue weighted by Crippen LogP contribution is 2.48. The maximum atomic E-state index is 12.8. The summed E-state index contributed by atoms with van der Waals surface area (Å²) in [5, 5.41) is 31.9. The number of nitrogens with zero attached hydrogens (tertiary/aromatic N) is 6. The van der Waals surface area contributed by atoms with Gasteiger partial charge in [0.25, 0.3) is 0 Å². The number of rotatable bonds is 5. The van der Waals surface area contributed by atoms with Crippen LogP contribution < -0.4 is 14.4 Å². The molecule has 4 heterocycles. The van der Waals surface area contributed by atoms with E-state index < -0.39 is 36.3 Å². The van der Waals surface area contributed by atoms with Gasteiger partial charge in [-0.3, -0.25) is 4.79 Å². The van der Waals surface area contributed by atoms with Gasteiger partial charge in [-0.05, 0) is 17.3 Å². The van der Waals surface area contributed by atoms with E-state index in [9.17, 15) is 23.1 Å². The first kappa shape index (κ1) is 23.3. The van der Waals surface area contributed by atoms with Gasteiger partial charge in [0.05, 0.1) is 22.7 Å². The molecule has 11 nitrogen and oxygen atoms in total. The number of halogens is 3. The second-order valence-corrected chi connectivity index (χ2v) is 9.26. The first-order valence-corrected chi connectivity index (χ1v) is 11.4.